The minimum absolute atomic E-state index is 0.0289. The van der Waals surface area contributed by atoms with Gasteiger partial charge in [-0.05, 0) is 39.2 Å². The number of ketones is 1. The highest BCUT2D eigenvalue weighted by Gasteiger charge is 2.31. The Morgan fingerprint density at radius 3 is 2.84 bits per heavy atom. The molecule has 1 aromatic heterocycles. The average Bonchev–Trinajstić information content (AvgIpc) is 2.38. The van der Waals surface area contributed by atoms with Gasteiger partial charge in [-0.25, -0.2) is 4.98 Å². The van der Waals surface area contributed by atoms with Gasteiger partial charge >= 0.3 is 5.69 Å². The van der Waals surface area contributed by atoms with Gasteiger partial charge in [-0.2, -0.15) is 0 Å². The van der Waals surface area contributed by atoms with Crippen molar-refractivity contribution in [3.05, 3.63) is 27.9 Å². The van der Waals surface area contributed by atoms with Gasteiger partial charge in [0.1, 0.15) is 0 Å². The van der Waals surface area contributed by atoms with Crippen molar-refractivity contribution >= 4 is 17.3 Å². The number of hydrogen-bond acceptors (Lipinski definition) is 5. The molecule has 0 amide bonds. The van der Waals surface area contributed by atoms with E-state index in [4.69, 9.17) is 0 Å². The van der Waals surface area contributed by atoms with Crippen LogP contribution in [-0.2, 0) is 4.79 Å². The molecule has 2 rings (SSSR count). The summed E-state index contributed by atoms with van der Waals surface area (Å²) in [6.45, 7) is 3.96. The SMILES string of the molecule is CC(=O)C1CCCCN1c1nc(C)ccc1[N+](=O)[O-]. The number of pyridine rings is 1. The lowest BCUT2D eigenvalue weighted by atomic mass is 9.99. The Hall–Kier alpha value is -1.98. The molecular weight excluding hydrogens is 246 g/mol. The normalized spacial score (nSPS) is 19.3. The second-order valence-electron chi connectivity index (χ2n) is 4.87. The van der Waals surface area contributed by atoms with E-state index in [2.05, 4.69) is 4.98 Å². The fraction of sp³-hybridized carbons (Fsp3) is 0.538. The molecule has 0 spiro atoms. The highest BCUT2D eigenvalue weighted by Crippen LogP contribution is 2.31. The number of hydrogen-bond donors (Lipinski definition) is 0. The van der Waals surface area contributed by atoms with Crippen LogP contribution in [0.2, 0.25) is 0 Å². The molecular formula is C13H17N3O3. The lowest BCUT2D eigenvalue weighted by Crippen LogP contribution is -2.44. The fourth-order valence-electron chi connectivity index (χ4n) is 2.50. The third-order valence-electron chi connectivity index (χ3n) is 3.43. The predicted octanol–water partition coefficient (Wildman–Crippen LogP) is 2.25. The van der Waals surface area contributed by atoms with E-state index < -0.39 is 4.92 Å². The summed E-state index contributed by atoms with van der Waals surface area (Å²) >= 11 is 0. The number of anilines is 1. The van der Waals surface area contributed by atoms with Crippen molar-refractivity contribution in [2.24, 2.45) is 0 Å². The van der Waals surface area contributed by atoms with Crippen LogP contribution in [0.5, 0.6) is 0 Å². The molecule has 1 aromatic rings. The molecule has 1 unspecified atom stereocenters. The number of carbonyl (C=O) groups is 1. The van der Waals surface area contributed by atoms with Gasteiger partial charge in [-0.3, -0.25) is 14.9 Å². The van der Waals surface area contributed by atoms with Gasteiger partial charge in [0.25, 0.3) is 0 Å². The first-order chi connectivity index (χ1) is 9.00. The summed E-state index contributed by atoms with van der Waals surface area (Å²) in [6.07, 6.45) is 2.64. The van der Waals surface area contributed by atoms with E-state index in [0.29, 0.717) is 18.1 Å². The Labute approximate surface area is 111 Å². The summed E-state index contributed by atoms with van der Waals surface area (Å²) in [4.78, 5) is 28.4. The van der Waals surface area contributed by atoms with Crippen LogP contribution in [0.15, 0.2) is 12.1 Å². The molecule has 1 aliphatic rings. The molecule has 1 saturated heterocycles. The maximum atomic E-state index is 11.7. The first-order valence-electron chi connectivity index (χ1n) is 6.40. The molecule has 0 N–H and O–H groups in total. The van der Waals surface area contributed by atoms with Gasteiger partial charge in [0.15, 0.2) is 5.78 Å². The minimum atomic E-state index is -0.437. The second kappa shape index (κ2) is 5.34. The molecule has 1 aliphatic heterocycles. The summed E-state index contributed by atoms with van der Waals surface area (Å²) in [5, 5.41) is 11.1. The summed E-state index contributed by atoms with van der Waals surface area (Å²) in [7, 11) is 0. The van der Waals surface area contributed by atoms with Crippen molar-refractivity contribution in [2.75, 3.05) is 11.4 Å². The van der Waals surface area contributed by atoms with Crippen LogP contribution in [0.25, 0.3) is 0 Å². The molecule has 0 saturated carbocycles. The lowest BCUT2D eigenvalue weighted by molar-refractivity contribution is -0.384. The lowest BCUT2D eigenvalue weighted by Gasteiger charge is -2.34. The maximum absolute atomic E-state index is 11.7. The zero-order valence-electron chi connectivity index (χ0n) is 11.1. The van der Waals surface area contributed by atoms with E-state index in [0.717, 1.165) is 19.3 Å². The number of aryl methyl sites for hydroxylation is 1. The van der Waals surface area contributed by atoms with Gasteiger partial charge in [0.05, 0.1) is 11.0 Å². The summed E-state index contributed by atoms with van der Waals surface area (Å²) in [6, 6.07) is 2.79. The van der Waals surface area contributed by atoms with Crippen LogP contribution in [0.1, 0.15) is 31.9 Å². The van der Waals surface area contributed by atoms with Crippen LogP contribution in [0.3, 0.4) is 0 Å². The number of aromatic nitrogens is 1. The van der Waals surface area contributed by atoms with Crippen molar-refractivity contribution in [2.45, 2.75) is 39.2 Å². The maximum Gasteiger partial charge on any atom is 0.311 e. The van der Waals surface area contributed by atoms with Crippen LogP contribution in [0, 0.1) is 17.0 Å². The quantitative estimate of drug-likeness (QED) is 0.617. The molecule has 0 aromatic carbocycles. The topological polar surface area (TPSA) is 76.3 Å². The number of nitro groups is 1. The van der Waals surface area contributed by atoms with Crippen molar-refractivity contribution in [1.29, 1.82) is 0 Å². The molecule has 102 valence electrons. The first-order valence-corrected chi connectivity index (χ1v) is 6.40. The summed E-state index contributed by atoms with van der Waals surface area (Å²) < 4.78 is 0. The van der Waals surface area contributed by atoms with E-state index in [1.54, 1.807) is 17.9 Å². The van der Waals surface area contributed by atoms with Crippen molar-refractivity contribution in [1.82, 2.24) is 4.98 Å². The van der Waals surface area contributed by atoms with Crippen molar-refractivity contribution < 1.29 is 9.72 Å². The number of rotatable bonds is 3. The molecule has 0 aliphatic carbocycles. The van der Waals surface area contributed by atoms with E-state index in [1.807, 2.05) is 0 Å². The Bertz CT molecular complexity index is 516. The molecule has 1 atom stereocenters. The smallest absolute Gasteiger partial charge is 0.311 e. The Balaban J connectivity index is 2.46. The van der Waals surface area contributed by atoms with Gasteiger partial charge in [-0.15, -0.1) is 0 Å². The Morgan fingerprint density at radius 1 is 1.47 bits per heavy atom. The van der Waals surface area contributed by atoms with E-state index in [1.165, 1.54) is 13.0 Å². The highest BCUT2D eigenvalue weighted by molar-refractivity contribution is 5.85. The van der Waals surface area contributed by atoms with E-state index in [9.17, 15) is 14.9 Å². The average molecular weight is 263 g/mol. The number of Topliss-reactive ketones (excluding diaryl/α,β-unsaturated/α-hetero) is 1. The van der Waals surface area contributed by atoms with Crippen LogP contribution in [-0.4, -0.2) is 28.3 Å². The summed E-state index contributed by atoms with van der Waals surface area (Å²) in [5.74, 6) is 0.363. The number of piperidine rings is 1. The molecule has 6 heteroatoms. The Morgan fingerprint density at radius 2 is 2.21 bits per heavy atom. The molecule has 6 nitrogen and oxygen atoms in total. The molecule has 19 heavy (non-hydrogen) atoms. The van der Waals surface area contributed by atoms with Crippen LogP contribution >= 0.6 is 0 Å². The largest absolute Gasteiger partial charge is 0.341 e. The highest BCUT2D eigenvalue weighted by atomic mass is 16.6. The molecule has 2 heterocycles. The van der Waals surface area contributed by atoms with E-state index in [-0.39, 0.29) is 17.5 Å². The third kappa shape index (κ3) is 2.72. The summed E-state index contributed by atoms with van der Waals surface area (Å²) in [5.41, 5.74) is 0.687. The van der Waals surface area contributed by atoms with Gasteiger partial charge in [0, 0.05) is 18.3 Å². The fourth-order valence-corrected chi connectivity index (χ4v) is 2.50. The third-order valence-corrected chi connectivity index (χ3v) is 3.43. The number of carbonyl (C=O) groups excluding carboxylic acids is 1. The van der Waals surface area contributed by atoms with Crippen molar-refractivity contribution in [3.63, 3.8) is 0 Å². The molecule has 1 fully saturated rings. The zero-order chi connectivity index (χ0) is 14.0. The molecule has 0 radical (unpaired) electrons. The van der Waals surface area contributed by atoms with Crippen LogP contribution < -0.4 is 4.90 Å². The minimum Gasteiger partial charge on any atom is -0.341 e. The second-order valence-corrected chi connectivity index (χ2v) is 4.87. The van der Waals surface area contributed by atoms with Gasteiger partial charge < -0.3 is 4.90 Å². The van der Waals surface area contributed by atoms with Crippen molar-refractivity contribution in [3.8, 4) is 0 Å². The standard InChI is InChI=1S/C13H17N3O3/c1-9-6-7-12(16(18)19)13(14-9)15-8-4-3-5-11(15)10(2)17/h6-7,11H,3-5,8H2,1-2H3. The van der Waals surface area contributed by atoms with E-state index >= 15 is 0 Å². The zero-order valence-corrected chi connectivity index (χ0v) is 11.1. The number of nitrogens with zero attached hydrogens (tertiary/aromatic N) is 3. The van der Waals surface area contributed by atoms with Gasteiger partial charge in [-0.1, -0.05) is 0 Å². The predicted molar refractivity (Wildman–Crippen MR) is 71.3 cm³/mol. The van der Waals surface area contributed by atoms with Crippen LogP contribution in [0.4, 0.5) is 11.5 Å². The first kappa shape index (κ1) is 13.5. The Kier molecular flexibility index (Phi) is 3.78. The molecule has 0 bridgehead atoms. The van der Waals surface area contributed by atoms with Gasteiger partial charge in [0.2, 0.25) is 5.82 Å². The monoisotopic (exact) mass is 263 g/mol.